The van der Waals surface area contributed by atoms with E-state index < -0.39 is 0 Å². The molecule has 0 aromatic carbocycles. The quantitative estimate of drug-likeness (QED) is 0.896. The lowest BCUT2D eigenvalue weighted by Crippen LogP contribution is -2.44. The fraction of sp³-hybridized carbons (Fsp3) is 0.692. The number of thioether (sulfide) groups is 1. The van der Waals surface area contributed by atoms with Crippen molar-refractivity contribution in [3.05, 3.63) is 18.6 Å². The molecule has 1 saturated carbocycles. The molecule has 0 amide bonds. The molecule has 4 atom stereocenters. The van der Waals surface area contributed by atoms with Gasteiger partial charge < -0.3 is 5.32 Å². The fourth-order valence-electron chi connectivity index (χ4n) is 2.80. The Morgan fingerprint density at radius 2 is 2.12 bits per heavy atom. The molecular formula is C13H21N3S. The van der Waals surface area contributed by atoms with Gasteiger partial charge in [0.1, 0.15) is 5.03 Å². The van der Waals surface area contributed by atoms with Gasteiger partial charge in [-0.3, -0.25) is 4.98 Å². The molecule has 1 aliphatic rings. The maximum Gasteiger partial charge on any atom is 0.115 e. The van der Waals surface area contributed by atoms with Crippen LogP contribution in [0, 0.1) is 11.8 Å². The van der Waals surface area contributed by atoms with Gasteiger partial charge in [0, 0.05) is 23.7 Å². The van der Waals surface area contributed by atoms with E-state index in [1.165, 1.54) is 12.8 Å². The molecule has 4 heteroatoms. The van der Waals surface area contributed by atoms with Gasteiger partial charge in [0.2, 0.25) is 0 Å². The van der Waals surface area contributed by atoms with Crippen LogP contribution in [0.5, 0.6) is 0 Å². The van der Waals surface area contributed by atoms with Gasteiger partial charge in [-0.2, -0.15) is 0 Å². The van der Waals surface area contributed by atoms with E-state index in [0.29, 0.717) is 11.3 Å². The number of rotatable bonds is 3. The molecule has 3 nitrogen and oxygen atoms in total. The summed E-state index contributed by atoms with van der Waals surface area (Å²) in [4.78, 5) is 8.51. The molecule has 4 unspecified atom stereocenters. The van der Waals surface area contributed by atoms with Crippen molar-refractivity contribution in [1.82, 2.24) is 15.3 Å². The van der Waals surface area contributed by atoms with Crippen LogP contribution >= 0.6 is 11.8 Å². The van der Waals surface area contributed by atoms with Gasteiger partial charge in [0.25, 0.3) is 0 Å². The smallest absolute Gasteiger partial charge is 0.115 e. The van der Waals surface area contributed by atoms with Crippen LogP contribution in [0.25, 0.3) is 0 Å². The van der Waals surface area contributed by atoms with Gasteiger partial charge in [0.15, 0.2) is 0 Å². The number of aromatic nitrogens is 2. The third kappa shape index (κ3) is 3.19. The Morgan fingerprint density at radius 3 is 2.76 bits per heavy atom. The Balaban J connectivity index is 2.07. The van der Waals surface area contributed by atoms with Gasteiger partial charge in [-0.25, -0.2) is 4.98 Å². The third-order valence-electron chi connectivity index (χ3n) is 3.55. The second kappa shape index (κ2) is 5.83. The van der Waals surface area contributed by atoms with E-state index in [1.807, 2.05) is 18.0 Å². The van der Waals surface area contributed by atoms with E-state index in [4.69, 9.17) is 0 Å². The second-order valence-electron chi connectivity index (χ2n) is 5.08. The number of hydrogen-bond acceptors (Lipinski definition) is 4. The summed E-state index contributed by atoms with van der Waals surface area (Å²) in [5, 5.41) is 5.11. The monoisotopic (exact) mass is 251 g/mol. The van der Waals surface area contributed by atoms with Crippen molar-refractivity contribution in [2.75, 3.05) is 7.05 Å². The largest absolute Gasteiger partial charge is 0.316 e. The number of hydrogen-bond donors (Lipinski definition) is 1. The minimum Gasteiger partial charge on any atom is -0.316 e. The molecule has 1 aromatic heterocycles. The van der Waals surface area contributed by atoms with Crippen molar-refractivity contribution < 1.29 is 0 Å². The topological polar surface area (TPSA) is 37.8 Å². The summed E-state index contributed by atoms with van der Waals surface area (Å²) in [6, 6.07) is 0.584. The van der Waals surface area contributed by atoms with Gasteiger partial charge in [-0.05, 0) is 31.7 Å². The Kier molecular flexibility index (Phi) is 4.40. The molecule has 1 aromatic rings. The van der Waals surface area contributed by atoms with Crippen molar-refractivity contribution in [2.24, 2.45) is 11.8 Å². The average Bonchev–Trinajstić information content (AvgIpc) is 2.33. The molecule has 2 rings (SSSR count). The van der Waals surface area contributed by atoms with Crippen molar-refractivity contribution in [1.29, 1.82) is 0 Å². The van der Waals surface area contributed by atoms with E-state index >= 15 is 0 Å². The molecule has 17 heavy (non-hydrogen) atoms. The van der Waals surface area contributed by atoms with Crippen molar-refractivity contribution >= 4 is 11.8 Å². The van der Waals surface area contributed by atoms with E-state index in [2.05, 4.69) is 36.2 Å². The van der Waals surface area contributed by atoms with Gasteiger partial charge in [0.05, 0.1) is 6.20 Å². The average molecular weight is 251 g/mol. The van der Waals surface area contributed by atoms with Crippen LogP contribution in [0.3, 0.4) is 0 Å². The lowest BCUT2D eigenvalue weighted by atomic mass is 9.80. The predicted octanol–water partition coefficient (Wildman–Crippen LogP) is 2.59. The van der Waals surface area contributed by atoms with Gasteiger partial charge in [-0.15, -0.1) is 0 Å². The summed E-state index contributed by atoms with van der Waals surface area (Å²) in [7, 11) is 2.07. The highest BCUT2D eigenvalue weighted by Gasteiger charge is 2.33. The molecule has 1 heterocycles. The third-order valence-corrected chi connectivity index (χ3v) is 5.07. The summed E-state index contributed by atoms with van der Waals surface area (Å²) >= 11 is 1.87. The Morgan fingerprint density at radius 1 is 1.29 bits per heavy atom. The zero-order chi connectivity index (χ0) is 12.3. The zero-order valence-electron chi connectivity index (χ0n) is 10.8. The molecule has 0 bridgehead atoms. The lowest BCUT2D eigenvalue weighted by molar-refractivity contribution is 0.257. The number of nitrogens with one attached hydrogen (secondary N) is 1. The van der Waals surface area contributed by atoms with E-state index in [-0.39, 0.29) is 0 Å². The Labute approximate surface area is 108 Å². The molecule has 1 aliphatic carbocycles. The standard InChI is InChI=1S/C13H21N3S/c1-9-6-10(2)13(11(7-9)14-3)17-12-8-15-4-5-16-12/h4-5,8-11,13-14H,6-7H2,1-3H3. The molecule has 94 valence electrons. The van der Waals surface area contributed by atoms with Gasteiger partial charge in [-0.1, -0.05) is 25.6 Å². The van der Waals surface area contributed by atoms with Crippen LogP contribution in [0.1, 0.15) is 26.7 Å². The van der Waals surface area contributed by atoms with Crippen LogP contribution in [-0.4, -0.2) is 28.3 Å². The van der Waals surface area contributed by atoms with E-state index in [0.717, 1.165) is 16.9 Å². The van der Waals surface area contributed by atoms with Crippen molar-refractivity contribution in [3.8, 4) is 0 Å². The molecule has 1 N–H and O–H groups in total. The Bertz CT molecular complexity index is 344. The first-order valence-corrected chi connectivity index (χ1v) is 7.18. The van der Waals surface area contributed by atoms with Crippen LogP contribution in [0.2, 0.25) is 0 Å². The summed E-state index contributed by atoms with van der Waals surface area (Å²) < 4.78 is 0. The van der Waals surface area contributed by atoms with Crippen LogP contribution in [-0.2, 0) is 0 Å². The van der Waals surface area contributed by atoms with Crippen LogP contribution < -0.4 is 5.32 Å². The molecule has 0 radical (unpaired) electrons. The van der Waals surface area contributed by atoms with Gasteiger partial charge >= 0.3 is 0 Å². The molecule has 0 spiro atoms. The second-order valence-corrected chi connectivity index (χ2v) is 6.27. The Hall–Kier alpha value is -0.610. The highest BCUT2D eigenvalue weighted by molar-refractivity contribution is 7.99. The first-order valence-electron chi connectivity index (χ1n) is 6.30. The van der Waals surface area contributed by atoms with Crippen molar-refractivity contribution in [3.63, 3.8) is 0 Å². The summed E-state index contributed by atoms with van der Waals surface area (Å²) in [6.45, 7) is 4.71. The minimum absolute atomic E-state index is 0.584. The normalized spacial score (nSPS) is 33.6. The molecule has 1 fully saturated rings. The minimum atomic E-state index is 0.584. The molecule has 0 aliphatic heterocycles. The predicted molar refractivity (Wildman–Crippen MR) is 72.1 cm³/mol. The maximum atomic E-state index is 4.37. The highest BCUT2D eigenvalue weighted by Crippen LogP contribution is 2.38. The van der Waals surface area contributed by atoms with Crippen molar-refractivity contribution in [2.45, 2.75) is 43.0 Å². The van der Waals surface area contributed by atoms with Crippen LogP contribution in [0.4, 0.5) is 0 Å². The summed E-state index contributed by atoms with van der Waals surface area (Å²) in [5.74, 6) is 1.55. The highest BCUT2D eigenvalue weighted by atomic mass is 32.2. The fourth-order valence-corrected chi connectivity index (χ4v) is 4.07. The van der Waals surface area contributed by atoms with E-state index in [1.54, 1.807) is 12.4 Å². The summed E-state index contributed by atoms with van der Waals surface area (Å²) in [6.07, 6.45) is 7.94. The molecule has 0 saturated heterocycles. The lowest BCUT2D eigenvalue weighted by Gasteiger charge is -2.38. The van der Waals surface area contributed by atoms with E-state index in [9.17, 15) is 0 Å². The first-order chi connectivity index (χ1) is 8.20. The zero-order valence-corrected chi connectivity index (χ0v) is 11.6. The molecular weight excluding hydrogens is 230 g/mol. The maximum absolute atomic E-state index is 4.37. The number of nitrogens with zero attached hydrogens (tertiary/aromatic N) is 2. The SMILES string of the molecule is CNC1CC(C)CC(C)C1Sc1cnccn1. The first kappa shape index (κ1) is 12.8. The van der Waals surface area contributed by atoms with Crippen LogP contribution in [0.15, 0.2) is 23.6 Å². The summed E-state index contributed by atoms with van der Waals surface area (Å²) in [5.41, 5.74) is 0.